The Morgan fingerprint density at radius 2 is 1.70 bits per heavy atom. The van der Waals surface area contributed by atoms with Gasteiger partial charge in [-0.3, -0.25) is 0 Å². The van der Waals surface area contributed by atoms with Crippen molar-refractivity contribution in [1.82, 2.24) is 5.32 Å². The van der Waals surface area contributed by atoms with Crippen molar-refractivity contribution in [2.24, 2.45) is 0 Å². The van der Waals surface area contributed by atoms with E-state index in [2.05, 4.69) is 52.4 Å². The number of ether oxygens (including phenoxy) is 2. The Hall–Kier alpha value is -2.08. The van der Waals surface area contributed by atoms with Crippen LogP contribution in [0.4, 0.5) is 4.39 Å². The van der Waals surface area contributed by atoms with E-state index >= 15 is 0 Å². The van der Waals surface area contributed by atoms with Crippen molar-refractivity contribution in [3.05, 3.63) is 92.2 Å². The van der Waals surface area contributed by atoms with E-state index in [-0.39, 0.29) is 12.4 Å². The Balaban J connectivity index is 1.68. The predicted molar refractivity (Wildman–Crippen MR) is 123 cm³/mol. The topological polar surface area (TPSA) is 30.5 Å². The Morgan fingerprint density at radius 1 is 0.967 bits per heavy atom. The Morgan fingerprint density at radius 3 is 2.40 bits per heavy atom. The third kappa shape index (κ3) is 6.21. The van der Waals surface area contributed by atoms with Crippen LogP contribution in [0.5, 0.6) is 11.5 Å². The second-order valence-electron chi connectivity index (χ2n) is 6.95. The van der Waals surface area contributed by atoms with Gasteiger partial charge in [0.25, 0.3) is 0 Å². The molecule has 158 valence electrons. The minimum absolute atomic E-state index is 0.211. The van der Waals surface area contributed by atoms with Gasteiger partial charge in [0, 0.05) is 18.7 Å². The lowest BCUT2D eigenvalue weighted by Crippen LogP contribution is -2.13. The van der Waals surface area contributed by atoms with Gasteiger partial charge in [0.2, 0.25) is 0 Å². The minimum atomic E-state index is -0.373. The zero-order valence-corrected chi connectivity index (χ0v) is 19.3. The molecule has 0 amide bonds. The van der Waals surface area contributed by atoms with Crippen LogP contribution in [0.25, 0.3) is 0 Å². The highest BCUT2D eigenvalue weighted by atomic mass is 79.9. The molecule has 0 saturated heterocycles. The first-order valence-electron chi connectivity index (χ1n) is 9.74. The second kappa shape index (κ2) is 10.8. The largest absolute Gasteiger partial charge is 0.490 e. The molecule has 0 heterocycles. The zero-order chi connectivity index (χ0) is 21.5. The van der Waals surface area contributed by atoms with Crippen LogP contribution >= 0.6 is 27.5 Å². The first-order valence-corrected chi connectivity index (χ1v) is 10.9. The molecule has 0 aliphatic heterocycles. The van der Waals surface area contributed by atoms with E-state index in [1.54, 1.807) is 6.07 Å². The van der Waals surface area contributed by atoms with Gasteiger partial charge in [-0.25, -0.2) is 4.39 Å². The predicted octanol–water partition coefficient (Wildman–Crippen LogP) is 6.82. The van der Waals surface area contributed by atoms with Crippen molar-refractivity contribution in [2.75, 3.05) is 6.61 Å². The molecule has 3 rings (SSSR count). The summed E-state index contributed by atoms with van der Waals surface area (Å²) in [5.41, 5.74) is 4.27. The second-order valence-corrected chi connectivity index (χ2v) is 8.21. The number of aryl methyl sites for hydroxylation is 1. The number of nitrogens with one attached hydrogen (secondary N) is 1. The highest BCUT2D eigenvalue weighted by Gasteiger charge is 2.14. The molecule has 30 heavy (non-hydrogen) atoms. The van der Waals surface area contributed by atoms with Crippen LogP contribution in [-0.4, -0.2) is 6.61 Å². The molecular weight excluding hydrogens is 469 g/mol. The van der Waals surface area contributed by atoms with Crippen LogP contribution in [0.3, 0.4) is 0 Å². The van der Waals surface area contributed by atoms with Gasteiger partial charge < -0.3 is 14.8 Å². The molecule has 3 aromatic carbocycles. The van der Waals surface area contributed by atoms with Gasteiger partial charge in [0.05, 0.1) is 16.1 Å². The third-order valence-corrected chi connectivity index (χ3v) is 5.48. The molecule has 6 heteroatoms. The third-order valence-electron chi connectivity index (χ3n) is 4.54. The number of rotatable bonds is 9. The van der Waals surface area contributed by atoms with E-state index in [0.717, 1.165) is 16.6 Å². The maximum absolute atomic E-state index is 13.3. The molecule has 0 bridgehead atoms. The molecule has 3 nitrogen and oxygen atoms in total. The lowest BCUT2D eigenvalue weighted by molar-refractivity contribution is 0.267. The van der Waals surface area contributed by atoms with E-state index < -0.39 is 0 Å². The average Bonchev–Trinajstić information content (AvgIpc) is 2.70. The molecular formula is C24H24BrClFNO2. The Kier molecular flexibility index (Phi) is 8.14. The van der Waals surface area contributed by atoms with Gasteiger partial charge in [-0.15, -0.1) is 0 Å². The van der Waals surface area contributed by atoms with Crippen molar-refractivity contribution < 1.29 is 13.9 Å². The molecule has 0 unspecified atom stereocenters. The summed E-state index contributed by atoms with van der Waals surface area (Å²) in [7, 11) is 0. The van der Waals surface area contributed by atoms with Crippen LogP contribution in [0.2, 0.25) is 5.02 Å². The van der Waals surface area contributed by atoms with E-state index in [4.69, 9.17) is 21.1 Å². The molecule has 0 aromatic heterocycles. The summed E-state index contributed by atoms with van der Waals surface area (Å²) in [4.78, 5) is 0. The van der Waals surface area contributed by atoms with Gasteiger partial charge in [0.15, 0.2) is 11.5 Å². The fourth-order valence-corrected chi connectivity index (χ4v) is 3.80. The van der Waals surface area contributed by atoms with Gasteiger partial charge in [-0.05, 0) is 65.2 Å². The quantitative estimate of drug-likeness (QED) is 0.356. The maximum Gasteiger partial charge on any atom is 0.175 e. The summed E-state index contributed by atoms with van der Waals surface area (Å²) in [6, 6.07) is 16.7. The van der Waals surface area contributed by atoms with E-state index in [1.807, 2.05) is 19.1 Å². The summed E-state index contributed by atoms with van der Waals surface area (Å²) in [5, 5.41) is 3.79. The fraction of sp³-hybridized carbons (Fsp3) is 0.250. The van der Waals surface area contributed by atoms with Gasteiger partial charge >= 0.3 is 0 Å². The first-order chi connectivity index (χ1) is 14.5. The van der Waals surface area contributed by atoms with Crippen LogP contribution in [-0.2, 0) is 19.7 Å². The monoisotopic (exact) mass is 491 g/mol. The highest BCUT2D eigenvalue weighted by molar-refractivity contribution is 9.10. The summed E-state index contributed by atoms with van der Waals surface area (Å²) >= 11 is 9.70. The smallest absolute Gasteiger partial charge is 0.175 e. The van der Waals surface area contributed by atoms with Crippen LogP contribution in [0, 0.1) is 12.7 Å². The van der Waals surface area contributed by atoms with Crippen LogP contribution in [0.15, 0.2) is 59.1 Å². The van der Waals surface area contributed by atoms with Crippen molar-refractivity contribution >= 4 is 27.5 Å². The molecule has 1 N–H and O–H groups in total. The van der Waals surface area contributed by atoms with Crippen molar-refractivity contribution in [3.8, 4) is 11.5 Å². The molecule has 0 aliphatic carbocycles. The highest BCUT2D eigenvalue weighted by Crippen LogP contribution is 2.38. The standard InChI is InChI=1S/C24H24BrClFNO2/c1-3-29-23-11-18(14-28-13-17-6-4-16(2)5-7-17)10-21(25)24(23)30-15-19-8-9-20(27)12-22(19)26/h4-12,28H,3,13-15H2,1-2H3. The fourth-order valence-electron chi connectivity index (χ4n) is 2.97. The first kappa shape index (κ1) is 22.6. The molecule has 0 atom stereocenters. The van der Waals surface area contributed by atoms with Crippen molar-refractivity contribution in [1.29, 1.82) is 0 Å². The summed E-state index contributed by atoms with van der Waals surface area (Å²) < 4.78 is 25.8. The maximum atomic E-state index is 13.3. The van der Waals surface area contributed by atoms with Crippen LogP contribution < -0.4 is 14.8 Å². The normalized spacial score (nSPS) is 10.8. The Bertz CT molecular complexity index is 995. The zero-order valence-electron chi connectivity index (χ0n) is 17.0. The molecule has 0 radical (unpaired) electrons. The Labute approximate surface area is 190 Å². The summed E-state index contributed by atoms with van der Waals surface area (Å²) in [6.45, 7) is 6.21. The van der Waals surface area contributed by atoms with E-state index in [0.29, 0.717) is 35.2 Å². The van der Waals surface area contributed by atoms with Gasteiger partial charge in [-0.2, -0.15) is 0 Å². The van der Waals surface area contributed by atoms with Gasteiger partial charge in [0.1, 0.15) is 12.4 Å². The van der Waals surface area contributed by atoms with E-state index in [1.165, 1.54) is 23.3 Å². The summed E-state index contributed by atoms with van der Waals surface area (Å²) in [5.74, 6) is 0.874. The lowest BCUT2D eigenvalue weighted by Gasteiger charge is -2.16. The molecule has 0 saturated carbocycles. The van der Waals surface area contributed by atoms with Gasteiger partial charge in [-0.1, -0.05) is 47.5 Å². The SMILES string of the molecule is CCOc1cc(CNCc2ccc(C)cc2)cc(Br)c1OCc1ccc(F)cc1Cl. The van der Waals surface area contributed by atoms with Crippen molar-refractivity contribution in [2.45, 2.75) is 33.5 Å². The van der Waals surface area contributed by atoms with Crippen LogP contribution in [0.1, 0.15) is 29.2 Å². The average molecular weight is 493 g/mol. The number of hydrogen-bond donors (Lipinski definition) is 1. The minimum Gasteiger partial charge on any atom is -0.490 e. The molecule has 0 aliphatic rings. The van der Waals surface area contributed by atoms with E-state index in [9.17, 15) is 4.39 Å². The number of halogens is 3. The molecule has 3 aromatic rings. The summed E-state index contributed by atoms with van der Waals surface area (Å²) in [6.07, 6.45) is 0. The molecule has 0 fully saturated rings. The van der Waals surface area contributed by atoms with Crippen molar-refractivity contribution in [3.63, 3.8) is 0 Å². The number of hydrogen-bond acceptors (Lipinski definition) is 3. The molecule has 0 spiro atoms. The number of benzene rings is 3. The lowest BCUT2D eigenvalue weighted by atomic mass is 10.1.